The molecule has 1 aliphatic rings. The third-order valence-corrected chi connectivity index (χ3v) is 3.31. The molecule has 0 saturated carbocycles. The van der Waals surface area contributed by atoms with Gasteiger partial charge in [0.05, 0.1) is 13.0 Å². The molecule has 1 fully saturated rings. The molecule has 6 heteroatoms. The van der Waals surface area contributed by atoms with Crippen LogP contribution in [0.2, 0.25) is 0 Å². The topological polar surface area (TPSA) is 70.7 Å². The Morgan fingerprint density at radius 2 is 2.05 bits per heavy atom. The Hall–Kier alpha value is -2.08. The smallest absolute Gasteiger partial charge is 0.321 e. The van der Waals surface area contributed by atoms with Crippen molar-refractivity contribution in [3.8, 4) is 0 Å². The van der Waals surface area contributed by atoms with Crippen LogP contribution in [0.3, 0.4) is 0 Å². The summed E-state index contributed by atoms with van der Waals surface area (Å²) in [5, 5.41) is 2.83. The Labute approximate surface area is 118 Å². The van der Waals surface area contributed by atoms with Gasteiger partial charge in [-0.25, -0.2) is 10.3 Å². The molecule has 2 rings (SSSR count). The fourth-order valence-corrected chi connectivity index (χ4v) is 2.28. The van der Waals surface area contributed by atoms with Crippen molar-refractivity contribution < 1.29 is 14.4 Å². The Morgan fingerprint density at radius 3 is 2.75 bits per heavy atom. The summed E-state index contributed by atoms with van der Waals surface area (Å²) in [7, 11) is 1.40. The van der Waals surface area contributed by atoms with Gasteiger partial charge in [-0.1, -0.05) is 18.2 Å². The molecule has 3 amide bonds. The molecule has 0 spiro atoms. The van der Waals surface area contributed by atoms with Crippen LogP contribution in [0.15, 0.2) is 30.3 Å². The molecule has 1 atom stereocenters. The average molecular weight is 277 g/mol. The Kier molecular flexibility index (Phi) is 4.95. The van der Waals surface area contributed by atoms with Crippen molar-refractivity contribution in [2.24, 2.45) is 5.92 Å². The molecule has 0 aromatic heterocycles. The number of likely N-dealkylation sites (tertiary alicyclic amines) is 1. The molecular formula is C14H19N3O3. The molecule has 6 nitrogen and oxygen atoms in total. The molecular weight excluding hydrogens is 258 g/mol. The largest absolute Gasteiger partial charge is 0.324 e. The van der Waals surface area contributed by atoms with E-state index in [1.165, 1.54) is 7.11 Å². The lowest BCUT2D eigenvalue weighted by molar-refractivity contribution is -0.136. The van der Waals surface area contributed by atoms with E-state index in [4.69, 9.17) is 0 Å². The zero-order chi connectivity index (χ0) is 14.4. The number of urea groups is 1. The number of rotatable bonds is 3. The highest BCUT2D eigenvalue weighted by atomic mass is 16.6. The summed E-state index contributed by atoms with van der Waals surface area (Å²) in [6.07, 6.45) is 1.58. The van der Waals surface area contributed by atoms with Crippen molar-refractivity contribution in [3.63, 3.8) is 0 Å². The lowest BCUT2D eigenvalue weighted by atomic mass is 9.98. The number of nitrogens with zero attached hydrogens (tertiary/aromatic N) is 1. The molecule has 1 heterocycles. The normalized spacial score (nSPS) is 18.4. The number of carbonyl (C=O) groups excluding carboxylic acids is 2. The van der Waals surface area contributed by atoms with Crippen molar-refractivity contribution in [1.29, 1.82) is 0 Å². The van der Waals surface area contributed by atoms with Crippen molar-refractivity contribution in [2.45, 2.75) is 12.8 Å². The third-order valence-electron chi connectivity index (χ3n) is 3.31. The highest BCUT2D eigenvalue weighted by Gasteiger charge is 2.28. The maximum Gasteiger partial charge on any atom is 0.321 e. The highest BCUT2D eigenvalue weighted by Crippen LogP contribution is 2.18. The minimum Gasteiger partial charge on any atom is -0.324 e. The molecule has 0 bridgehead atoms. The van der Waals surface area contributed by atoms with E-state index in [2.05, 4.69) is 15.6 Å². The van der Waals surface area contributed by atoms with Gasteiger partial charge in [0.25, 0.3) is 0 Å². The number of piperidine rings is 1. The van der Waals surface area contributed by atoms with Crippen molar-refractivity contribution in [3.05, 3.63) is 30.3 Å². The van der Waals surface area contributed by atoms with Crippen LogP contribution in [0.1, 0.15) is 12.8 Å². The second-order valence-electron chi connectivity index (χ2n) is 4.75. The number of hydrogen-bond donors (Lipinski definition) is 2. The maximum atomic E-state index is 12.1. The summed E-state index contributed by atoms with van der Waals surface area (Å²) in [6.45, 7) is 1.07. The first-order valence-electron chi connectivity index (χ1n) is 6.64. The van der Waals surface area contributed by atoms with Crippen molar-refractivity contribution >= 4 is 17.6 Å². The van der Waals surface area contributed by atoms with E-state index in [9.17, 15) is 9.59 Å². The zero-order valence-electron chi connectivity index (χ0n) is 11.5. The summed E-state index contributed by atoms with van der Waals surface area (Å²) < 4.78 is 0. The predicted molar refractivity (Wildman–Crippen MR) is 74.9 cm³/mol. The van der Waals surface area contributed by atoms with Gasteiger partial charge >= 0.3 is 6.03 Å². The lowest BCUT2D eigenvalue weighted by Crippen LogP contribution is -2.46. The fraction of sp³-hybridized carbons (Fsp3) is 0.429. The van der Waals surface area contributed by atoms with Crippen LogP contribution in [0.25, 0.3) is 0 Å². The molecule has 0 radical (unpaired) electrons. The van der Waals surface area contributed by atoms with E-state index in [1.54, 1.807) is 4.90 Å². The van der Waals surface area contributed by atoms with E-state index < -0.39 is 0 Å². The summed E-state index contributed by atoms with van der Waals surface area (Å²) in [5.41, 5.74) is 3.08. The standard InChI is InChI=1S/C14H19N3O3/c1-20-16-13(18)11-6-5-9-17(10-11)14(19)15-12-7-3-2-4-8-12/h2-4,7-8,11H,5-6,9-10H2,1H3,(H,15,19)(H,16,18)/t11-/m0/s1. The third kappa shape index (κ3) is 3.71. The second kappa shape index (κ2) is 6.91. The molecule has 108 valence electrons. The first-order valence-corrected chi connectivity index (χ1v) is 6.64. The first-order chi connectivity index (χ1) is 9.70. The number of amides is 3. The van der Waals surface area contributed by atoms with Gasteiger partial charge in [-0.2, -0.15) is 0 Å². The van der Waals surface area contributed by atoms with Gasteiger partial charge in [-0.05, 0) is 25.0 Å². The van der Waals surface area contributed by atoms with E-state index in [-0.39, 0.29) is 17.9 Å². The number of carbonyl (C=O) groups is 2. The van der Waals surface area contributed by atoms with Crippen LogP contribution in [0.4, 0.5) is 10.5 Å². The molecule has 0 aliphatic carbocycles. The maximum absolute atomic E-state index is 12.1. The molecule has 0 unspecified atom stereocenters. The van der Waals surface area contributed by atoms with E-state index in [0.29, 0.717) is 13.1 Å². The van der Waals surface area contributed by atoms with Crippen LogP contribution in [0.5, 0.6) is 0 Å². The number of anilines is 1. The van der Waals surface area contributed by atoms with Crippen LogP contribution in [-0.2, 0) is 9.63 Å². The monoisotopic (exact) mass is 277 g/mol. The van der Waals surface area contributed by atoms with Gasteiger partial charge in [0.15, 0.2) is 0 Å². The molecule has 1 aromatic carbocycles. The lowest BCUT2D eigenvalue weighted by Gasteiger charge is -2.31. The molecule has 1 aromatic rings. The van der Waals surface area contributed by atoms with E-state index in [1.807, 2.05) is 30.3 Å². The molecule has 2 N–H and O–H groups in total. The van der Waals surface area contributed by atoms with Gasteiger partial charge in [0.1, 0.15) is 0 Å². The minimum absolute atomic E-state index is 0.175. The Bertz CT molecular complexity index is 464. The molecule has 1 saturated heterocycles. The number of benzene rings is 1. The average Bonchev–Trinajstić information content (AvgIpc) is 2.48. The van der Waals surface area contributed by atoms with Gasteiger partial charge in [-0.3, -0.25) is 9.63 Å². The second-order valence-corrected chi connectivity index (χ2v) is 4.75. The molecule has 1 aliphatic heterocycles. The number of hydrogen-bond acceptors (Lipinski definition) is 3. The summed E-state index contributed by atoms with van der Waals surface area (Å²) in [6, 6.07) is 9.10. The Morgan fingerprint density at radius 1 is 1.30 bits per heavy atom. The van der Waals surface area contributed by atoms with Gasteiger partial charge < -0.3 is 10.2 Å². The zero-order valence-corrected chi connectivity index (χ0v) is 11.5. The molecule has 20 heavy (non-hydrogen) atoms. The quantitative estimate of drug-likeness (QED) is 0.825. The van der Waals surface area contributed by atoms with Gasteiger partial charge in [-0.15, -0.1) is 0 Å². The van der Waals surface area contributed by atoms with Gasteiger partial charge in [0.2, 0.25) is 5.91 Å². The van der Waals surface area contributed by atoms with Crippen LogP contribution in [0, 0.1) is 5.92 Å². The van der Waals surface area contributed by atoms with Crippen LogP contribution in [-0.4, -0.2) is 37.0 Å². The minimum atomic E-state index is -0.217. The highest BCUT2D eigenvalue weighted by molar-refractivity contribution is 5.90. The Balaban J connectivity index is 1.91. The SMILES string of the molecule is CONC(=O)[C@H]1CCCN(C(=O)Nc2ccccc2)C1. The number of para-hydroxylation sites is 1. The summed E-state index contributed by atoms with van der Waals surface area (Å²) in [5.74, 6) is -0.394. The first kappa shape index (κ1) is 14.3. The number of nitrogens with one attached hydrogen (secondary N) is 2. The fourth-order valence-electron chi connectivity index (χ4n) is 2.28. The van der Waals surface area contributed by atoms with Crippen molar-refractivity contribution in [1.82, 2.24) is 10.4 Å². The summed E-state index contributed by atoms with van der Waals surface area (Å²) >= 11 is 0. The summed E-state index contributed by atoms with van der Waals surface area (Å²) in [4.78, 5) is 30.2. The van der Waals surface area contributed by atoms with E-state index in [0.717, 1.165) is 18.5 Å². The van der Waals surface area contributed by atoms with E-state index >= 15 is 0 Å². The predicted octanol–water partition coefficient (Wildman–Crippen LogP) is 1.61. The number of hydroxylamine groups is 1. The van der Waals surface area contributed by atoms with Crippen LogP contribution >= 0.6 is 0 Å². The van der Waals surface area contributed by atoms with Crippen molar-refractivity contribution in [2.75, 3.05) is 25.5 Å². The van der Waals surface area contributed by atoms with Gasteiger partial charge in [0, 0.05) is 18.8 Å². The van der Waals surface area contributed by atoms with Crippen LogP contribution < -0.4 is 10.8 Å².